The molecule has 1 aromatic rings. The van der Waals surface area contributed by atoms with Crippen molar-refractivity contribution in [2.75, 3.05) is 5.32 Å². The van der Waals surface area contributed by atoms with Crippen molar-refractivity contribution < 1.29 is 23.9 Å². The van der Waals surface area contributed by atoms with Crippen LogP contribution in [0.1, 0.15) is 45.9 Å². The van der Waals surface area contributed by atoms with Crippen LogP contribution in [0.3, 0.4) is 0 Å². The van der Waals surface area contributed by atoms with Gasteiger partial charge in [0.1, 0.15) is 5.60 Å². The molecule has 126 valence electrons. The van der Waals surface area contributed by atoms with Gasteiger partial charge >= 0.3 is 5.97 Å². The SMILES string of the molecule is CCC(=O)C(=O)NC(C(=O)OC(C)(C)C)c1csc(NC=O)n1. The summed E-state index contributed by atoms with van der Waals surface area (Å²) in [4.78, 5) is 50.0. The topological polar surface area (TPSA) is 114 Å². The van der Waals surface area contributed by atoms with Crippen molar-refractivity contribution in [2.24, 2.45) is 0 Å². The van der Waals surface area contributed by atoms with E-state index >= 15 is 0 Å². The van der Waals surface area contributed by atoms with Crippen LogP contribution in [-0.2, 0) is 23.9 Å². The molecular formula is C14H19N3O5S. The van der Waals surface area contributed by atoms with Gasteiger partial charge in [0.2, 0.25) is 12.2 Å². The van der Waals surface area contributed by atoms with Crippen molar-refractivity contribution >= 4 is 40.5 Å². The first-order valence-electron chi connectivity index (χ1n) is 6.90. The number of aromatic nitrogens is 1. The number of ether oxygens (including phenoxy) is 1. The van der Waals surface area contributed by atoms with E-state index in [9.17, 15) is 19.2 Å². The van der Waals surface area contributed by atoms with Gasteiger partial charge in [-0.1, -0.05) is 6.92 Å². The third-order valence-electron chi connectivity index (χ3n) is 2.49. The summed E-state index contributed by atoms with van der Waals surface area (Å²) in [5.41, 5.74) is -0.583. The van der Waals surface area contributed by atoms with Crippen LogP contribution in [0, 0.1) is 0 Å². The fraction of sp³-hybridized carbons (Fsp3) is 0.500. The van der Waals surface area contributed by atoms with Crippen molar-refractivity contribution in [3.05, 3.63) is 11.1 Å². The Morgan fingerprint density at radius 3 is 2.57 bits per heavy atom. The molecule has 1 aromatic heterocycles. The number of nitrogens with zero attached hydrogens (tertiary/aromatic N) is 1. The van der Waals surface area contributed by atoms with Gasteiger partial charge in [-0.3, -0.25) is 14.4 Å². The molecule has 0 fully saturated rings. The van der Waals surface area contributed by atoms with Gasteiger partial charge in [-0.2, -0.15) is 0 Å². The van der Waals surface area contributed by atoms with Crippen molar-refractivity contribution in [3.63, 3.8) is 0 Å². The Kier molecular flexibility index (Phi) is 6.38. The van der Waals surface area contributed by atoms with E-state index in [1.165, 1.54) is 5.38 Å². The highest BCUT2D eigenvalue weighted by atomic mass is 32.1. The van der Waals surface area contributed by atoms with Crippen LogP contribution < -0.4 is 10.6 Å². The van der Waals surface area contributed by atoms with Crippen LogP contribution >= 0.6 is 11.3 Å². The molecule has 1 unspecified atom stereocenters. The fourth-order valence-electron chi connectivity index (χ4n) is 1.52. The van der Waals surface area contributed by atoms with Crippen molar-refractivity contribution in [1.82, 2.24) is 10.3 Å². The number of Topliss-reactive ketones (excluding diaryl/α,β-unsaturated/α-hetero) is 1. The van der Waals surface area contributed by atoms with Crippen LogP contribution in [0.25, 0.3) is 0 Å². The number of rotatable bonds is 7. The summed E-state index contributed by atoms with van der Waals surface area (Å²) < 4.78 is 5.25. The number of carbonyl (C=O) groups is 4. The zero-order valence-electron chi connectivity index (χ0n) is 13.3. The summed E-state index contributed by atoms with van der Waals surface area (Å²) in [6.07, 6.45) is 0.464. The molecule has 9 heteroatoms. The maximum absolute atomic E-state index is 12.3. The average Bonchev–Trinajstić information content (AvgIpc) is 2.90. The lowest BCUT2D eigenvalue weighted by molar-refractivity contribution is -0.159. The van der Waals surface area contributed by atoms with Crippen molar-refractivity contribution in [3.8, 4) is 0 Å². The minimum Gasteiger partial charge on any atom is -0.458 e. The molecule has 2 N–H and O–H groups in total. The zero-order chi connectivity index (χ0) is 17.6. The number of esters is 1. The summed E-state index contributed by atoms with van der Waals surface area (Å²) in [5, 5.41) is 6.44. The number of carbonyl (C=O) groups excluding carboxylic acids is 4. The van der Waals surface area contributed by atoms with Crippen LogP contribution in [0.15, 0.2) is 5.38 Å². The van der Waals surface area contributed by atoms with Crippen LogP contribution in [0.4, 0.5) is 5.13 Å². The Balaban J connectivity index is 3.04. The largest absolute Gasteiger partial charge is 0.458 e. The summed E-state index contributed by atoms with van der Waals surface area (Å²) in [6, 6.07) is -1.23. The minimum atomic E-state index is -1.23. The van der Waals surface area contributed by atoms with Crippen LogP contribution in [-0.4, -0.2) is 34.7 Å². The minimum absolute atomic E-state index is 0.0158. The highest BCUT2D eigenvalue weighted by molar-refractivity contribution is 7.13. The van der Waals surface area contributed by atoms with Gasteiger partial charge in [-0.25, -0.2) is 9.78 Å². The second-order valence-corrected chi connectivity index (χ2v) is 6.41. The molecule has 8 nitrogen and oxygen atoms in total. The smallest absolute Gasteiger partial charge is 0.335 e. The number of thiazole rings is 1. The molecule has 0 aliphatic carbocycles. The number of ketones is 1. The second-order valence-electron chi connectivity index (χ2n) is 5.56. The predicted octanol–water partition coefficient (Wildman–Crippen LogP) is 1.19. The van der Waals surface area contributed by atoms with Gasteiger partial charge in [-0.15, -0.1) is 11.3 Å². The number of hydrogen-bond acceptors (Lipinski definition) is 7. The standard InChI is InChI=1S/C14H19N3O5S/c1-5-9(19)11(20)17-10(12(21)22-14(2,3)4)8-6-23-13(16-8)15-7-18/h6-7,10H,5H2,1-4H3,(H,17,20)(H,15,16,18). The van der Waals surface area contributed by atoms with E-state index in [0.717, 1.165) is 11.3 Å². The lowest BCUT2D eigenvalue weighted by Gasteiger charge is -2.23. The Labute approximate surface area is 137 Å². The Morgan fingerprint density at radius 1 is 1.39 bits per heavy atom. The molecular weight excluding hydrogens is 322 g/mol. The van der Waals surface area contributed by atoms with E-state index in [-0.39, 0.29) is 17.2 Å². The van der Waals surface area contributed by atoms with Gasteiger partial charge in [0.05, 0.1) is 5.69 Å². The third kappa shape index (κ3) is 5.78. The second kappa shape index (κ2) is 7.82. The Morgan fingerprint density at radius 2 is 2.04 bits per heavy atom. The van der Waals surface area contributed by atoms with Crippen LogP contribution in [0.2, 0.25) is 0 Å². The molecule has 0 saturated carbocycles. The lowest BCUT2D eigenvalue weighted by atomic mass is 10.1. The quantitative estimate of drug-likeness (QED) is 0.437. The molecule has 1 atom stereocenters. The van der Waals surface area contributed by atoms with Crippen LogP contribution in [0.5, 0.6) is 0 Å². The number of anilines is 1. The number of amides is 2. The average molecular weight is 341 g/mol. The monoisotopic (exact) mass is 341 g/mol. The van der Waals surface area contributed by atoms with Gasteiger partial charge in [0.15, 0.2) is 11.2 Å². The van der Waals surface area contributed by atoms with E-state index in [0.29, 0.717) is 6.41 Å². The predicted molar refractivity (Wildman–Crippen MR) is 83.8 cm³/mol. The molecule has 0 aromatic carbocycles. The lowest BCUT2D eigenvalue weighted by Crippen LogP contribution is -2.41. The normalized spacial score (nSPS) is 12.2. The van der Waals surface area contributed by atoms with E-state index in [1.54, 1.807) is 27.7 Å². The molecule has 0 aliphatic rings. The van der Waals surface area contributed by atoms with Crippen molar-refractivity contribution in [2.45, 2.75) is 45.8 Å². The number of hydrogen-bond donors (Lipinski definition) is 2. The van der Waals surface area contributed by atoms with E-state index in [4.69, 9.17) is 4.74 Å². The van der Waals surface area contributed by atoms with Gasteiger partial charge in [0.25, 0.3) is 5.91 Å². The third-order valence-corrected chi connectivity index (χ3v) is 3.28. The number of nitrogens with one attached hydrogen (secondary N) is 2. The van der Waals surface area contributed by atoms with Crippen molar-refractivity contribution in [1.29, 1.82) is 0 Å². The first-order chi connectivity index (χ1) is 10.7. The summed E-state index contributed by atoms with van der Waals surface area (Å²) in [7, 11) is 0. The maximum Gasteiger partial charge on any atom is 0.335 e. The van der Waals surface area contributed by atoms with Gasteiger partial charge in [-0.05, 0) is 20.8 Å². The van der Waals surface area contributed by atoms with E-state index in [2.05, 4.69) is 15.6 Å². The van der Waals surface area contributed by atoms with Gasteiger partial charge in [0, 0.05) is 11.8 Å². The molecule has 0 radical (unpaired) electrons. The first kappa shape index (κ1) is 18.8. The molecule has 0 bridgehead atoms. The molecule has 23 heavy (non-hydrogen) atoms. The Hall–Kier alpha value is -2.29. The highest BCUT2D eigenvalue weighted by Gasteiger charge is 2.31. The summed E-state index contributed by atoms with van der Waals surface area (Å²) in [5.74, 6) is -2.28. The maximum atomic E-state index is 12.3. The summed E-state index contributed by atoms with van der Waals surface area (Å²) in [6.45, 7) is 6.59. The van der Waals surface area contributed by atoms with E-state index in [1.807, 2.05) is 0 Å². The molecule has 0 aliphatic heterocycles. The van der Waals surface area contributed by atoms with Gasteiger partial charge < -0.3 is 15.4 Å². The molecule has 0 spiro atoms. The Bertz CT molecular complexity index is 606. The van der Waals surface area contributed by atoms with E-state index < -0.39 is 29.3 Å². The fourth-order valence-corrected chi connectivity index (χ4v) is 2.22. The first-order valence-corrected chi connectivity index (χ1v) is 7.78. The molecule has 0 saturated heterocycles. The molecule has 1 heterocycles. The molecule has 2 amide bonds. The zero-order valence-corrected chi connectivity index (χ0v) is 14.2. The highest BCUT2D eigenvalue weighted by Crippen LogP contribution is 2.23. The summed E-state index contributed by atoms with van der Waals surface area (Å²) >= 11 is 1.08. The molecule has 1 rings (SSSR count).